The third-order valence-corrected chi connectivity index (χ3v) is 4.25. The van der Waals surface area contributed by atoms with E-state index in [4.69, 9.17) is 14.2 Å². The first-order valence-electron chi connectivity index (χ1n) is 7.28. The van der Waals surface area contributed by atoms with E-state index in [-0.39, 0.29) is 6.10 Å². The lowest BCUT2D eigenvalue weighted by Crippen LogP contribution is -2.16. The Bertz CT molecular complexity index is 582. The van der Waals surface area contributed by atoms with E-state index in [0.29, 0.717) is 18.3 Å². The lowest BCUT2D eigenvalue weighted by atomic mass is 10.2. The fourth-order valence-corrected chi connectivity index (χ4v) is 2.77. The maximum atomic E-state index is 5.74. The van der Waals surface area contributed by atoms with Gasteiger partial charge < -0.3 is 19.5 Å². The van der Waals surface area contributed by atoms with Crippen LogP contribution in [-0.4, -0.2) is 36.6 Å². The Labute approximate surface area is 133 Å². The molecular weight excluding hydrogens is 302 g/mol. The molecule has 1 aromatic heterocycles. The number of benzene rings is 1. The maximum absolute atomic E-state index is 5.74. The van der Waals surface area contributed by atoms with Crippen LogP contribution in [0.4, 0.5) is 5.13 Å². The van der Waals surface area contributed by atoms with Crippen molar-refractivity contribution in [3.8, 4) is 10.9 Å². The van der Waals surface area contributed by atoms with Crippen LogP contribution >= 0.6 is 11.3 Å². The van der Waals surface area contributed by atoms with E-state index in [2.05, 4.69) is 15.5 Å². The normalized spacial score (nSPS) is 17.4. The summed E-state index contributed by atoms with van der Waals surface area (Å²) in [4.78, 5) is 0. The van der Waals surface area contributed by atoms with Crippen LogP contribution in [0.3, 0.4) is 0 Å². The molecule has 1 N–H and O–H groups in total. The monoisotopic (exact) mass is 321 g/mol. The van der Waals surface area contributed by atoms with Crippen molar-refractivity contribution in [1.29, 1.82) is 0 Å². The first-order valence-corrected chi connectivity index (χ1v) is 8.10. The number of ether oxygens (including phenoxy) is 3. The summed E-state index contributed by atoms with van der Waals surface area (Å²) < 4.78 is 16.3. The van der Waals surface area contributed by atoms with Crippen molar-refractivity contribution in [2.45, 2.75) is 25.5 Å². The van der Waals surface area contributed by atoms with Gasteiger partial charge in [0.05, 0.1) is 13.2 Å². The van der Waals surface area contributed by atoms with E-state index in [1.54, 1.807) is 7.11 Å². The Hall–Kier alpha value is -1.86. The summed E-state index contributed by atoms with van der Waals surface area (Å²) in [7, 11) is 1.58. The number of aromatic nitrogens is 2. The van der Waals surface area contributed by atoms with Crippen LogP contribution < -0.4 is 14.8 Å². The quantitative estimate of drug-likeness (QED) is 0.846. The van der Waals surface area contributed by atoms with Crippen LogP contribution in [0.5, 0.6) is 10.9 Å². The van der Waals surface area contributed by atoms with Gasteiger partial charge in [0, 0.05) is 13.2 Å². The van der Waals surface area contributed by atoms with Crippen LogP contribution in [0.2, 0.25) is 0 Å². The fourth-order valence-electron chi connectivity index (χ4n) is 2.21. The van der Waals surface area contributed by atoms with Crippen LogP contribution in [0, 0.1) is 0 Å². The molecule has 3 rings (SSSR count). The summed E-state index contributed by atoms with van der Waals surface area (Å²) in [5.41, 5.74) is 1.15. The minimum absolute atomic E-state index is 0.244. The van der Waals surface area contributed by atoms with Gasteiger partial charge in [-0.3, -0.25) is 0 Å². The summed E-state index contributed by atoms with van der Waals surface area (Å²) in [6, 6.07) is 8.03. The maximum Gasteiger partial charge on any atom is 0.295 e. The lowest BCUT2D eigenvalue weighted by molar-refractivity contribution is 0.0679. The zero-order chi connectivity index (χ0) is 15.2. The van der Waals surface area contributed by atoms with Gasteiger partial charge in [0.25, 0.3) is 5.19 Å². The molecule has 1 aromatic carbocycles. The molecule has 0 saturated carbocycles. The first kappa shape index (κ1) is 15.1. The molecule has 1 unspecified atom stereocenters. The SMILES string of the molecule is COc1nnc(NCc2ccc(OCC3CCCO3)cc2)s1. The Morgan fingerprint density at radius 1 is 1.32 bits per heavy atom. The number of nitrogens with zero attached hydrogens (tertiary/aromatic N) is 2. The molecule has 1 fully saturated rings. The highest BCUT2D eigenvalue weighted by Crippen LogP contribution is 2.22. The van der Waals surface area contributed by atoms with Crippen molar-refractivity contribution >= 4 is 16.5 Å². The van der Waals surface area contributed by atoms with Crippen LogP contribution in [0.25, 0.3) is 0 Å². The molecule has 22 heavy (non-hydrogen) atoms. The van der Waals surface area contributed by atoms with E-state index < -0.39 is 0 Å². The van der Waals surface area contributed by atoms with Crippen molar-refractivity contribution in [3.05, 3.63) is 29.8 Å². The van der Waals surface area contributed by atoms with Gasteiger partial charge in [-0.05, 0) is 41.9 Å². The molecule has 1 aliphatic heterocycles. The van der Waals surface area contributed by atoms with Gasteiger partial charge in [0.2, 0.25) is 5.13 Å². The fraction of sp³-hybridized carbons (Fsp3) is 0.467. The van der Waals surface area contributed by atoms with Gasteiger partial charge in [0.15, 0.2) is 0 Å². The zero-order valence-electron chi connectivity index (χ0n) is 12.4. The molecule has 0 radical (unpaired) electrons. The highest BCUT2D eigenvalue weighted by molar-refractivity contribution is 7.16. The Morgan fingerprint density at radius 2 is 2.18 bits per heavy atom. The number of methoxy groups -OCH3 is 1. The van der Waals surface area contributed by atoms with E-state index in [0.717, 1.165) is 35.9 Å². The Kier molecular flexibility index (Phi) is 5.07. The molecule has 118 valence electrons. The van der Waals surface area contributed by atoms with Crippen LogP contribution in [0.1, 0.15) is 18.4 Å². The number of anilines is 1. The van der Waals surface area contributed by atoms with Crippen molar-refractivity contribution in [2.24, 2.45) is 0 Å². The van der Waals surface area contributed by atoms with E-state index in [1.807, 2.05) is 24.3 Å². The van der Waals surface area contributed by atoms with Gasteiger partial charge >= 0.3 is 0 Å². The first-order chi connectivity index (χ1) is 10.8. The lowest BCUT2D eigenvalue weighted by Gasteiger charge is -2.11. The molecular formula is C15H19N3O3S. The molecule has 1 saturated heterocycles. The molecule has 6 nitrogen and oxygen atoms in total. The number of nitrogens with one attached hydrogen (secondary N) is 1. The number of hydrogen-bond donors (Lipinski definition) is 1. The molecule has 0 aliphatic carbocycles. The van der Waals surface area contributed by atoms with E-state index in [1.165, 1.54) is 11.3 Å². The smallest absolute Gasteiger partial charge is 0.295 e. The van der Waals surface area contributed by atoms with Crippen molar-refractivity contribution in [2.75, 3.05) is 25.6 Å². The standard InChI is InChI=1S/C15H19N3O3S/c1-19-15-18-17-14(22-15)16-9-11-4-6-12(7-5-11)21-10-13-3-2-8-20-13/h4-7,13H,2-3,8-10H2,1H3,(H,16,17). The molecule has 7 heteroatoms. The summed E-state index contributed by atoms with van der Waals surface area (Å²) >= 11 is 1.38. The van der Waals surface area contributed by atoms with E-state index >= 15 is 0 Å². The summed E-state index contributed by atoms with van der Waals surface area (Å²) in [5.74, 6) is 0.872. The average Bonchev–Trinajstić information content (AvgIpc) is 3.23. The van der Waals surface area contributed by atoms with Gasteiger partial charge in [-0.2, -0.15) is 0 Å². The summed E-state index contributed by atoms with van der Waals surface area (Å²) in [6.07, 6.45) is 2.47. The molecule has 1 aliphatic rings. The molecule has 1 atom stereocenters. The van der Waals surface area contributed by atoms with Gasteiger partial charge in [-0.25, -0.2) is 0 Å². The topological polar surface area (TPSA) is 65.5 Å². The van der Waals surface area contributed by atoms with Gasteiger partial charge in [-0.15, -0.1) is 5.10 Å². The second-order valence-electron chi connectivity index (χ2n) is 5.02. The van der Waals surface area contributed by atoms with Crippen molar-refractivity contribution in [1.82, 2.24) is 10.2 Å². The summed E-state index contributed by atoms with van der Waals surface area (Å²) in [5, 5.41) is 12.4. The predicted molar refractivity (Wildman–Crippen MR) is 84.7 cm³/mol. The zero-order valence-corrected chi connectivity index (χ0v) is 13.3. The highest BCUT2D eigenvalue weighted by atomic mass is 32.1. The third-order valence-electron chi connectivity index (χ3n) is 3.41. The second-order valence-corrected chi connectivity index (χ2v) is 5.96. The van der Waals surface area contributed by atoms with Gasteiger partial charge in [0.1, 0.15) is 12.4 Å². The summed E-state index contributed by atoms with van der Waals surface area (Å²) in [6.45, 7) is 2.17. The Balaban J connectivity index is 1.46. The molecule has 0 amide bonds. The second kappa shape index (κ2) is 7.42. The highest BCUT2D eigenvalue weighted by Gasteiger charge is 2.15. The van der Waals surface area contributed by atoms with Gasteiger partial charge in [-0.1, -0.05) is 17.2 Å². The van der Waals surface area contributed by atoms with Crippen molar-refractivity contribution < 1.29 is 14.2 Å². The minimum Gasteiger partial charge on any atom is -0.491 e. The van der Waals surface area contributed by atoms with Crippen LogP contribution in [0.15, 0.2) is 24.3 Å². The largest absolute Gasteiger partial charge is 0.491 e. The molecule has 2 heterocycles. The molecule has 0 bridgehead atoms. The number of rotatable bonds is 7. The van der Waals surface area contributed by atoms with E-state index in [9.17, 15) is 0 Å². The van der Waals surface area contributed by atoms with Crippen LogP contribution in [-0.2, 0) is 11.3 Å². The minimum atomic E-state index is 0.244. The van der Waals surface area contributed by atoms with Crippen molar-refractivity contribution in [3.63, 3.8) is 0 Å². The Morgan fingerprint density at radius 3 is 2.86 bits per heavy atom. The predicted octanol–water partition coefficient (Wildman–Crippen LogP) is 2.72. The average molecular weight is 321 g/mol. The molecule has 2 aromatic rings. The third kappa shape index (κ3) is 4.08. The molecule has 0 spiro atoms. The number of hydrogen-bond acceptors (Lipinski definition) is 7.